The van der Waals surface area contributed by atoms with Gasteiger partial charge in [-0.25, -0.2) is 9.97 Å². The molecule has 0 amide bonds. The van der Waals surface area contributed by atoms with Crippen LogP contribution in [-0.2, 0) is 11.2 Å². The summed E-state index contributed by atoms with van der Waals surface area (Å²) in [5.74, 6) is 0.818. The van der Waals surface area contributed by atoms with Gasteiger partial charge in [0.1, 0.15) is 6.10 Å². The number of carbonyl (C=O) groups is 1. The predicted octanol–water partition coefficient (Wildman–Crippen LogP) is 2.73. The lowest BCUT2D eigenvalue weighted by Crippen LogP contribution is -2.28. The lowest BCUT2D eigenvalue weighted by Gasteiger charge is -2.29. The fraction of sp³-hybridized carbons (Fsp3) is 0.643. The van der Waals surface area contributed by atoms with E-state index in [2.05, 4.69) is 23.8 Å². The molecule has 4 nitrogen and oxygen atoms in total. The minimum absolute atomic E-state index is 0.00937. The first kappa shape index (κ1) is 13.1. The third-order valence-corrected chi connectivity index (χ3v) is 3.25. The third kappa shape index (κ3) is 2.58. The van der Waals surface area contributed by atoms with Gasteiger partial charge < -0.3 is 4.74 Å². The topological polar surface area (TPSA) is 52.1 Å². The van der Waals surface area contributed by atoms with Gasteiger partial charge in [0.2, 0.25) is 0 Å². The van der Waals surface area contributed by atoms with Crippen molar-refractivity contribution in [2.45, 2.75) is 46.6 Å². The van der Waals surface area contributed by atoms with Gasteiger partial charge in [-0.3, -0.25) is 4.79 Å². The maximum Gasteiger partial charge on any atom is 0.166 e. The third-order valence-electron chi connectivity index (χ3n) is 3.25. The van der Waals surface area contributed by atoms with Crippen LogP contribution in [0.4, 0.5) is 0 Å². The van der Waals surface area contributed by atoms with Gasteiger partial charge in [0, 0.05) is 19.2 Å². The SMILES string of the molecule is CCOC(C)c1ncc2c(n1)CC(C)(C)CC2=O. The Hall–Kier alpha value is -1.29. The fourth-order valence-electron chi connectivity index (χ4n) is 2.37. The Labute approximate surface area is 108 Å². The van der Waals surface area contributed by atoms with Crippen molar-refractivity contribution in [2.24, 2.45) is 5.41 Å². The summed E-state index contributed by atoms with van der Waals surface area (Å²) in [7, 11) is 0. The monoisotopic (exact) mass is 248 g/mol. The second kappa shape index (κ2) is 4.76. The molecule has 0 radical (unpaired) electrons. The van der Waals surface area contributed by atoms with Crippen molar-refractivity contribution in [3.63, 3.8) is 0 Å². The maximum atomic E-state index is 12.0. The Bertz CT molecular complexity index is 469. The van der Waals surface area contributed by atoms with E-state index in [4.69, 9.17) is 4.74 Å². The molecule has 1 aromatic rings. The molecule has 1 aliphatic rings. The number of hydrogen-bond acceptors (Lipinski definition) is 4. The number of ketones is 1. The summed E-state index contributed by atoms with van der Waals surface area (Å²) in [6.45, 7) is 8.71. The van der Waals surface area contributed by atoms with Crippen molar-refractivity contribution in [1.29, 1.82) is 0 Å². The Morgan fingerprint density at radius 1 is 1.44 bits per heavy atom. The zero-order valence-electron chi connectivity index (χ0n) is 11.5. The molecule has 1 atom stereocenters. The Kier molecular flexibility index (Phi) is 3.48. The van der Waals surface area contributed by atoms with Gasteiger partial charge in [0.05, 0.1) is 11.3 Å². The number of rotatable bonds is 3. The number of aromatic nitrogens is 2. The Balaban J connectivity index is 2.34. The summed E-state index contributed by atoms with van der Waals surface area (Å²) < 4.78 is 5.49. The van der Waals surface area contributed by atoms with E-state index in [-0.39, 0.29) is 17.3 Å². The van der Waals surface area contributed by atoms with E-state index in [1.165, 1.54) is 0 Å². The number of fused-ring (bicyclic) bond motifs is 1. The Morgan fingerprint density at radius 2 is 2.17 bits per heavy atom. The number of hydrogen-bond donors (Lipinski definition) is 0. The number of ether oxygens (including phenoxy) is 1. The molecular weight excluding hydrogens is 228 g/mol. The van der Waals surface area contributed by atoms with E-state index in [1.807, 2.05) is 13.8 Å². The van der Waals surface area contributed by atoms with Crippen LogP contribution in [-0.4, -0.2) is 22.4 Å². The standard InChI is InChI=1S/C14H20N2O2/c1-5-18-9(2)13-15-8-10-11(16-13)6-14(3,4)7-12(10)17/h8-9H,5-7H2,1-4H3. The van der Waals surface area contributed by atoms with Crippen LogP contribution in [0.15, 0.2) is 6.20 Å². The molecule has 0 spiro atoms. The van der Waals surface area contributed by atoms with Crippen molar-refractivity contribution >= 4 is 5.78 Å². The highest BCUT2D eigenvalue weighted by atomic mass is 16.5. The second-order valence-electron chi connectivity index (χ2n) is 5.63. The quantitative estimate of drug-likeness (QED) is 0.825. The van der Waals surface area contributed by atoms with Gasteiger partial charge >= 0.3 is 0 Å². The van der Waals surface area contributed by atoms with Crippen LogP contribution in [0.1, 0.15) is 62.1 Å². The van der Waals surface area contributed by atoms with Crippen molar-refractivity contribution in [2.75, 3.05) is 6.61 Å². The van der Waals surface area contributed by atoms with Crippen LogP contribution >= 0.6 is 0 Å². The van der Waals surface area contributed by atoms with E-state index in [0.29, 0.717) is 24.4 Å². The Morgan fingerprint density at radius 3 is 2.83 bits per heavy atom. The zero-order chi connectivity index (χ0) is 13.3. The van der Waals surface area contributed by atoms with Gasteiger partial charge in [-0.1, -0.05) is 13.8 Å². The lowest BCUT2D eigenvalue weighted by atomic mass is 9.76. The summed E-state index contributed by atoms with van der Waals surface area (Å²) in [4.78, 5) is 20.8. The van der Waals surface area contributed by atoms with Crippen molar-refractivity contribution in [1.82, 2.24) is 9.97 Å². The van der Waals surface area contributed by atoms with E-state index < -0.39 is 0 Å². The molecule has 0 aliphatic heterocycles. The smallest absolute Gasteiger partial charge is 0.166 e. The molecule has 0 saturated heterocycles. The summed E-state index contributed by atoms with van der Waals surface area (Å²) in [6, 6.07) is 0. The molecule has 1 unspecified atom stereocenters. The van der Waals surface area contributed by atoms with E-state index in [0.717, 1.165) is 12.1 Å². The molecule has 1 aromatic heterocycles. The summed E-state index contributed by atoms with van der Waals surface area (Å²) in [6.07, 6.45) is 2.93. The van der Waals surface area contributed by atoms with Crippen LogP contribution < -0.4 is 0 Å². The van der Waals surface area contributed by atoms with Crippen LogP contribution in [0.3, 0.4) is 0 Å². The number of carbonyl (C=O) groups excluding carboxylic acids is 1. The van der Waals surface area contributed by atoms with Gasteiger partial charge in [-0.05, 0) is 25.7 Å². The average Bonchev–Trinajstić information content (AvgIpc) is 2.26. The molecule has 0 bridgehead atoms. The predicted molar refractivity (Wildman–Crippen MR) is 68.5 cm³/mol. The van der Waals surface area contributed by atoms with Crippen LogP contribution in [0.2, 0.25) is 0 Å². The number of Topliss-reactive ketones (excluding diaryl/α,β-unsaturated/α-hetero) is 1. The van der Waals surface area contributed by atoms with Gasteiger partial charge in [-0.15, -0.1) is 0 Å². The highest BCUT2D eigenvalue weighted by molar-refractivity contribution is 5.98. The first-order valence-corrected chi connectivity index (χ1v) is 6.43. The van der Waals surface area contributed by atoms with Crippen molar-refractivity contribution in [3.8, 4) is 0 Å². The molecule has 0 N–H and O–H groups in total. The van der Waals surface area contributed by atoms with Gasteiger partial charge in [-0.2, -0.15) is 0 Å². The molecule has 0 fully saturated rings. The molecule has 0 saturated carbocycles. The van der Waals surface area contributed by atoms with Crippen molar-refractivity contribution in [3.05, 3.63) is 23.3 Å². The van der Waals surface area contributed by atoms with Gasteiger partial charge in [0.15, 0.2) is 11.6 Å². The molecule has 1 heterocycles. The normalized spacial score (nSPS) is 19.4. The molecule has 2 rings (SSSR count). The first-order valence-electron chi connectivity index (χ1n) is 6.43. The zero-order valence-corrected chi connectivity index (χ0v) is 11.5. The largest absolute Gasteiger partial charge is 0.371 e. The summed E-state index contributed by atoms with van der Waals surface area (Å²) in [5, 5.41) is 0. The minimum Gasteiger partial charge on any atom is -0.371 e. The molecular formula is C14H20N2O2. The van der Waals surface area contributed by atoms with E-state index in [1.54, 1.807) is 6.20 Å². The highest BCUT2D eigenvalue weighted by Gasteiger charge is 2.32. The van der Waals surface area contributed by atoms with Gasteiger partial charge in [0.25, 0.3) is 0 Å². The molecule has 18 heavy (non-hydrogen) atoms. The average molecular weight is 248 g/mol. The molecule has 4 heteroatoms. The molecule has 1 aliphatic carbocycles. The van der Waals surface area contributed by atoms with E-state index in [9.17, 15) is 4.79 Å². The highest BCUT2D eigenvalue weighted by Crippen LogP contribution is 2.33. The maximum absolute atomic E-state index is 12.0. The number of nitrogens with zero attached hydrogens (tertiary/aromatic N) is 2. The molecule has 0 aromatic carbocycles. The fourth-order valence-corrected chi connectivity index (χ4v) is 2.37. The van der Waals surface area contributed by atoms with Crippen LogP contribution in [0.5, 0.6) is 0 Å². The minimum atomic E-state index is -0.125. The summed E-state index contributed by atoms with van der Waals surface area (Å²) in [5.41, 5.74) is 1.54. The van der Waals surface area contributed by atoms with Crippen LogP contribution in [0, 0.1) is 5.41 Å². The van der Waals surface area contributed by atoms with Crippen molar-refractivity contribution < 1.29 is 9.53 Å². The van der Waals surface area contributed by atoms with Crippen LogP contribution in [0.25, 0.3) is 0 Å². The molecule has 98 valence electrons. The second-order valence-corrected chi connectivity index (χ2v) is 5.63. The van der Waals surface area contributed by atoms with E-state index >= 15 is 0 Å². The lowest BCUT2D eigenvalue weighted by molar-refractivity contribution is 0.0693. The summed E-state index contributed by atoms with van der Waals surface area (Å²) >= 11 is 0. The first-order chi connectivity index (χ1) is 8.43.